The molecule has 1 aromatic rings. The van der Waals surface area contributed by atoms with Crippen LogP contribution in [0.15, 0.2) is 18.2 Å². The molecule has 192 valence electrons. The first-order chi connectivity index (χ1) is 16.6. The molecule has 2 aliphatic rings. The summed E-state index contributed by atoms with van der Waals surface area (Å²) in [5.74, 6) is 2.53. The molecular formula is C31H49ClO2. The third kappa shape index (κ3) is 8.89. The van der Waals surface area contributed by atoms with Crippen LogP contribution in [0.5, 0.6) is 0 Å². The van der Waals surface area contributed by atoms with Crippen LogP contribution in [0.3, 0.4) is 0 Å². The molecule has 0 atom stereocenters. The number of esters is 1. The van der Waals surface area contributed by atoms with Crippen molar-refractivity contribution in [1.82, 2.24) is 0 Å². The zero-order valence-electron chi connectivity index (χ0n) is 22.0. The Hall–Kier alpha value is -1.02. The van der Waals surface area contributed by atoms with Gasteiger partial charge in [-0.05, 0) is 80.4 Å². The topological polar surface area (TPSA) is 26.3 Å². The van der Waals surface area contributed by atoms with E-state index >= 15 is 0 Å². The molecule has 0 unspecified atom stereocenters. The summed E-state index contributed by atoms with van der Waals surface area (Å²) >= 11 is 6.36. The molecule has 1 aromatic carbocycles. The van der Waals surface area contributed by atoms with Crippen LogP contribution in [0.4, 0.5) is 0 Å². The monoisotopic (exact) mass is 488 g/mol. The van der Waals surface area contributed by atoms with E-state index in [0.717, 1.165) is 49.0 Å². The molecule has 34 heavy (non-hydrogen) atoms. The lowest BCUT2D eigenvalue weighted by atomic mass is 9.70. The van der Waals surface area contributed by atoms with Gasteiger partial charge in [0.2, 0.25) is 0 Å². The molecule has 0 aliphatic heterocycles. The Labute approximate surface area is 214 Å². The van der Waals surface area contributed by atoms with Gasteiger partial charge in [0.15, 0.2) is 0 Å². The fourth-order valence-electron chi connectivity index (χ4n) is 6.38. The first-order valence-electron chi connectivity index (χ1n) is 14.6. The van der Waals surface area contributed by atoms with Gasteiger partial charge >= 0.3 is 5.97 Å². The first kappa shape index (κ1) is 27.6. The van der Waals surface area contributed by atoms with E-state index in [2.05, 4.69) is 13.8 Å². The number of carbonyl (C=O) groups excluding carboxylic acids is 1. The fourth-order valence-corrected chi connectivity index (χ4v) is 6.66. The van der Waals surface area contributed by atoms with E-state index in [1.807, 2.05) is 12.1 Å². The summed E-state index contributed by atoms with van der Waals surface area (Å²) in [6, 6.07) is 5.63. The molecule has 0 amide bonds. The third-order valence-corrected chi connectivity index (χ3v) is 8.93. The van der Waals surface area contributed by atoms with E-state index < -0.39 is 0 Å². The molecule has 2 fully saturated rings. The molecule has 0 N–H and O–H groups in total. The normalized spacial score (nSPS) is 25.3. The molecule has 0 aromatic heterocycles. The third-order valence-electron chi connectivity index (χ3n) is 8.57. The van der Waals surface area contributed by atoms with E-state index in [1.165, 1.54) is 89.9 Å². The lowest BCUT2D eigenvalue weighted by Gasteiger charge is -2.37. The van der Waals surface area contributed by atoms with Crippen LogP contribution in [0.2, 0.25) is 5.02 Å². The summed E-state index contributed by atoms with van der Waals surface area (Å²) in [4.78, 5) is 12.6. The summed E-state index contributed by atoms with van der Waals surface area (Å²) in [6.07, 6.45) is 23.8. The number of halogens is 1. The van der Waals surface area contributed by atoms with Gasteiger partial charge in [-0.25, -0.2) is 4.79 Å². The average molecular weight is 489 g/mol. The van der Waals surface area contributed by atoms with E-state index in [4.69, 9.17) is 16.3 Å². The predicted octanol–water partition coefficient (Wildman–Crippen LogP) is 9.96. The number of ether oxygens (including phenoxy) is 1. The van der Waals surface area contributed by atoms with Crippen molar-refractivity contribution >= 4 is 17.6 Å². The van der Waals surface area contributed by atoms with Crippen molar-refractivity contribution in [2.45, 2.75) is 136 Å². The van der Waals surface area contributed by atoms with E-state index in [0.29, 0.717) is 10.6 Å². The van der Waals surface area contributed by atoms with Crippen LogP contribution < -0.4 is 0 Å². The molecule has 0 saturated heterocycles. The zero-order valence-corrected chi connectivity index (χ0v) is 22.7. The van der Waals surface area contributed by atoms with Gasteiger partial charge in [0.25, 0.3) is 0 Å². The fraction of sp³-hybridized carbons (Fsp3) is 0.774. The summed E-state index contributed by atoms with van der Waals surface area (Å²) in [7, 11) is 0. The molecular weight excluding hydrogens is 440 g/mol. The van der Waals surface area contributed by atoms with Crippen LogP contribution in [-0.2, 0) is 11.2 Å². The van der Waals surface area contributed by atoms with E-state index in [1.54, 1.807) is 6.07 Å². The molecule has 0 bridgehead atoms. The quantitative estimate of drug-likeness (QED) is 0.204. The lowest BCUT2D eigenvalue weighted by Crippen LogP contribution is -2.29. The molecule has 0 radical (unpaired) electrons. The molecule has 0 spiro atoms. The van der Waals surface area contributed by atoms with Crippen molar-refractivity contribution < 1.29 is 9.53 Å². The minimum absolute atomic E-state index is 0.0755. The zero-order chi connectivity index (χ0) is 24.2. The van der Waals surface area contributed by atoms with Crippen LogP contribution in [0.25, 0.3) is 0 Å². The first-order valence-corrected chi connectivity index (χ1v) is 15.0. The second-order valence-electron chi connectivity index (χ2n) is 11.2. The van der Waals surface area contributed by atoms with Crippen molar-refractivity contribution in [3.63, 3.8) is 0 Å². The second-order valence-corrected chi connectivity index (χ2v) is 11.6. The number of hydrogen-bond donors (Lipinski definition) is 0. The Morgan fingerprint density at radius 3 is 2.06 bits per heavy atom. The standard InChI is InChI=1S/C31H49ClO2/c1-3-5-6-7-8-9-10-12-24-13-15-25(16-14-24)26-19-21-29(22-20-26)34-31(33)28-18-17-27(11-4-2)30(32)23-28/h17-18,23-26,29H,3-16,19-22H2,1-2H3. The van der Waals surface area contributed by atoms with Gasteiger partial charge in [-0.2, -0.15) is 0 Å². The Balaban J connectivity index is 1.30. The number of unbranched alkanes of at least 4 members (excludes halogenated alkanes) is 6. The largest absolute Gasteiger partial charge is 0.459 e. The summed E-state index contributed by atoms with van der Waals surface area (Å²) in [6.45, 7) is 4.43. The highest BCUT2D eigenvalue weighted by molar-refractivity contribution is 6.31. The molecule has 0 heterocycles. The maximum atomic E-state index is 12.6. The second kappa shape index (κ2) is 15.2. The van der Waals surface area contributed by atoms with Gasteiger partial charge in [-0.3, -0.25) is 0 Å². The maximum absolute atomic E-state index is 12.6. The van der Waals surface area contributed by atoms with Crippen molar-refractivity contribution in [2.75, 3.05) is 0 Å². The molecule has 2 nitrogen and oxygen atoms in total. The minimum Gasteiger partial charge on any atom is -0.459 e. The van der Waals surface area contributed by atoms with Gasteiger partial charge in [0.1, 0.15) is 6.10 Å². The molecule has 3 heteroatoms. The Morgan fingerprint density at radius 2 is 1.44 bits per heavy atom. The highest BCUT2D eigenvalue weighted by atomic mass is 35.5. The molecule has 3 rings (SSSR count). The Bertz CT molecular complexity index is 714. The average Bonchev–Trinajstić information content (AvgIpc) is 2.86. The van der Waals surface area contributed by atoms with Gasteiger partial charge in [0, 0.05) is 5.02 Å². The Morgan fingerprint density at radius 1 is 0.824 bits per heavy atom. The highest BCUT2D eigenvalue weighted by Gasteiger charge is 2.32. The summed E-state index contributed by atoms with van der Waals surface area (Å²) < 4.78 is 5.87. The number of aryl methyl sites for hydroxylation is 1. The lowest BCUT2D eigenvalue weighted by molar-refractivity contribution is 0.0109. The number of hydrogen-bond acceptors (Lipinski definition) is 2. The molecule has 2 saturated carbocycles. The number of benzene rings is 1. The van der Waals surface area contributed by atoms with Crippen molar-refractivity contribution in [3.8, 4) is 0 Å². The minimum atomic E-state index is -0.209. The van der Waals surface area contributed by atoms with E-state index in [-0.39, 0.29) is 12.1 Å². The van der Waals surface area contributed by atoms with E-state index in [9.17, 15) is 4.79 Å². The van der Waals surface area contributed by atoms with Crippen molar-refractivity contribution in [2.24, 2.45) is 17.8 Å². The van der Waals surface area contributed by atoms with Crippen LogP contribution in [0, 0.1) is 17.8 Å². The molecule has 2 aliphatic carbocycles. The SMILES string of the molecule is CCCCCCCCCC1CCC(C2CCC(OC(=O)c3ccc(CCC)c(Cl)c3)CC2)CC1. The van der Waals surface area contributed by atoms with Gasteiger partial charge < -0.3 is 4.74 Å². The number of rotatable bonds is 13. The van der Waals surface area contributed by atoms with Crippen LogP contribution >= 0.6 is 11.6 Å². The van der Waals surface area contributed by atoms with Gasteiger partial charge in [-0.15, -0.1) is 0 Å². The van der Waals surface area contributed by atoms with Gasteiger partial charge in [-0.1, -0.05) is 102 Å². The number of carbonyl (C=O) groups is 1. The Kier molecular flexibility index (Phi) is 12.3. The van der Waals surface area contributed by atoms with Gasteiger partial charge in [0.05, 0.1) is 5.56 Å². The summed E-state index contributed by atoms with van der Waals surface area (Å²) in [5, 5.41) is 0.683. The smallest absolute Gasteiger partial charge is 0.338 e. The van der Waals surface area contributed by atoms with Crippen molar-refractivity contribution in [1.29, 1.82) is 0 Å². The van der Waals surface area contributed by atoms with Crippen molar-refractivity contribution in [3.05, 3.63) is 34.3 Å². The predicted molar refractivity (Wildman–Crippen MR) is 145 cm³/mol. The summed E-state index contributed by atoms with van der Waals surface area (Å²) in [5.41, 5.74) is 1.70. The highest BCUT2D eigenvalue weighted by Crippen LogP contribution is 2.41. The van der Waals surface area contributed by atoms with Crippen LogP contribution in [-0.4, -0.2) is 12.1 Å². The maximum Gasteiger partial charge on any atom is 0.338 e. The van der Waals surface area contributed by atoms with Crippen LogP contribution in [0.1, 0.15) is 139 Å².